The van der Waals surface area contributed by atoms with Crippen LogP contribution in [0.3, 0.4) is 0 Å². The maximum Gasteiger partial charge on any atom is 0.241 e. The minimum absolute atomic E-state index is 0.159. The number of amides is 1. The number of nitrogens with one attached hydrogen (secondary N) is 2. The van der Waals surface area contributed by atoms with E-state index < -0.39 is 0 Å². The summed E-state index contributed by atoms with van der Waals surface area (Å²) in [6.07, 6.45) is 2.25. The highest BCUT2D eigenvalue weighted by atomic mass is 35.5. The van der Waals surface area contributed by atoms with Gasteiger partial charge in [0.2, 0.25) is 5.91 Å². The van der Waals surface area contributed by atoms with Gasteiger partial charge in [-0.1, -0.05) is 34.8 Å². The molecule has 0 saturated heterocycles. The number of hydrogen-bond donors (Lipinski definition) is 2. The first-order valence-electron chi connectivity index (χ1n) is 5.69. The summed E-state index contributed by atoms with van der Waals surface area (Å²) in [5.74, 6) is -0.159. The third-order valence-corrected chi connectivity index (χ3v) is 3.53. The second-order valence-corrected chi connectivity index (χ2v) is 5.65. The van der Waals surface area contributed by atoms with Crippen LogP contribution in [0.4, 0.5) is 5.69 Å². The minimum Gasteiger partial charge on any atom is -0.322 e. The van der Waals surface area contributed by atoms with Crippen molar-refractivity contribution in [2.45, 2.75) is 31.8 Å². The molecule has 0 aliphatic heterocycles. The Bertz CT molecular complexity index is 451. The van der Waals surface area contributed by atoms with E-state index in [1.807, 2.05) is 6.92 Å². The van der Waals surface area contributed by atoms with Crippen LogP contribution < -0.4 is 10.6 Å². The summed E-state index contributed by atoms with van der Waals surface area (Å²) in [6, 6.07) is 3.27. The van der Waals surface area contributed by atoms with Crippen molar-refractivity contribution < 1.29 is 4.79 Å². The topological polar surface area (TPSA) is 41.1 Å². The fourth-order valence-electron chi connectivity index (χ4n) is 1.57. The Hall–Kier alpha value is -0.480. The molecule has 6 heteroatoms. The van der Waals surface area contributed by atoms with Crippen molar-refractivity contribution >= 4 is 46.4 Å². The molecule has 1 amide bonds. The molecule has 18 heavy (non-hydrogen) atoms. The normalized spacial score (nSPS) is 16.4. The number of carbonyl (C=O) groups is 1. The summed E-state index contributed by atoms with van der Waals surface area (Å²) in [4.78, 5) is 11.9. The maximum atomic E-state index is 11.9. The molecule has 2 N–H and O–H groups in total. The smallest absolute Gasteiger partial charge is 0.241 e. The molecule has 1 aliphatic carbocycles. The zero-order valence-corrected chi connectivity index (χ0v) is 12.0. The predicted molar refractivity (Wildman–Crippen MR) is 75.7 cm³/mol. The summed E-state index contributed by atoms with van der Waals surface area (Å²) in [6.45, 7) is 1.81. The molecule has 98 valence electrons. The molecule has 1 fully saturated rings. The van der Waals surface area contributed by atoms with Crippen molar-refractivity contribution in [1.29, 1.82) is 0 Å². The van der Waals surface area contributed by atoms with E-state index in [2.05, 4.69) is 10.6 Å². The Kier molecular flexibility index (Phi) is 4.38. The van der Waals surface area contributed by atoms with Crippen molar-refractivity contribution in [3.8, 4) is 0 Å². The number of hydrogen-bond acceptors (Lipinski definition) is 2. The molecule has 1 unspecified atom stereocenters. The summed E-state index contributed by atoms with van der Waals surface area (Å²) in [7, 11) is 0. The standard InChI is InChI=1S/C12H13Cl3N2O/c1-6(16-8-2-3-8)12(18)17-11-9(14)4-7(13)5-10(11)15/h4-6,8,16H,2-3H2,1H3,(H,17,18). The summed E-state index contributed by atoms with van der Waals surface area (Å²) < 4.78 is 0. The van der Waals surface area contributed by atoms with E-state index in [1.165, 1.54) is 0 Å². The molecule has 0 heterocycles. The first-order valence-corrected chi connectivity index (χ1v) is 6.82. The van der Waals surface area contributed by atoms with Crippen molar-refractivity contribution in [1.82, 2.24) is 5.32 Å². The number of rotatable bonds is 4. The van der Waals surface area contributed by atoms with Gasteiger partial charge in [0.05, 0.1) is 21.8 Å². The highest BCUT2D eigenvalue weighted by Crippen LogP contribution is 2.33. The quantitative estimate of drug-likeness (QED) is 0.890. The number of carbonyl (C=O) groups excluding carboxylic acids is 1. The van der Waals surface area contributed by atoms with Crippen LogP contribution in [0.15, 0.2) is 12.1 Å². The fraction of sp³-hybridized carbons (Fsp3) is 0.417. The number of halogens is 3. The highest BCUT2D eigenvalue weighted by molar-refractivity contribution is 6.42. The third kappa shape index (κ3) is 3.51. The maximum absolute atomic E-state index is 11.9. The molecule has 1 saturated carbocycles. The Balaban J connectivity index is 2.06. The van der Waals surface area contributed by atoms with Gasteiger partial charge in [0.15, 0.2) is 0 Å². The van der Waals surface area contributed by atoms with Crippen LogP contribution in [0.1, 0.15) is 19.8 Å². The first-order chi connectivity index (χ1) is 8.47. The molecule has 0 radical (unpaired) electrons. The van der Waals surface area contributed by atoms with Gasteiger partial charge >= 0.3 is 0 Å². The summed E-state index contributed by atoms with van der Waals surface area (Å²) in [5, 5.41) is 7.02. The third-order valence-electron chi connectivity index (χ3n) is 2.71. The Morgan fingerprint density at radius 2 is 1.83 bits per heavy atom. The van der Waals surface area contributed by atoms with Crippen molar-refractivity contribution in [3.63, 3.8) is 0 Å². The largest absolute Gasteiger partial charge is 0.322 e. The van der Waals surface area contributed by atoms with Crippen LogP contribution >= 0.6 is 34.8 Å². The Morgan fingerprint density at radius 1 is 1.28 bits per heavy atom. The zero-order chi connectivity index (χ0) is 13.3. The Labute approximate surface area is 121 Å². The highest BCUT2D eigenvalue weighted by Gasteiger charge is 2.26. The molecule has 1 atom stereocenters. The van der Waals surface area contributed by atoms with E-state index in [4.69, 9.17) is 34.8 Å². The molecular formula is C12H13Cl3N2O. The lowest BCUT2D eigenvalue weighted by atomic mass is 10.2. The fourth-order valence-corrected chi connectivity index (χ4v) is 2.48. The van der Waals surface area contributed by atoms with Gasteiger partial charge in [-0.3, -0.25) is 4.79 Å². The zero-order valence-electron chi connectivity index (χ0n) is 9.77. The molecule has 1 aromatic rings. The summed E-state index contributed by atoms with van der Waals surface area (Å²) in [5.41, 5.74) is 0.400. The van der Waals surface area contributed by atoms with Gasteiger partial charge in [-0.2, -0.15) is 0 Å². The second-order valence-electron chi connectivity index (χ2n) is 4.40. The average molecular weight is 308 g/mol. The molecule has 1 aliphatic rings. The Morgan fingerprint density at radius 3 is 2.33 bits per heavy atom. The van der Waals surface area contributed by atoms with Crippen LogP contribution in [0.25, 0.3) is 0 Å². The van der Waals surface area contributed by atoms with E-state index in [-0.39, 0.29) is 11.9 Å². The van der Waals surface area contributed by atoms with Crippen molar-refractivity contribution in [2.75, 3.05) is 5.32 Å². The van der Waals surface area contributed by atoms with Gasteiger partial charge in [-0.25, -0.2) is 0 Å². The number of anilines is 1. The lowest BCUT2D eigenvalue weighted by Crippen LogP contribution is -2.39. The molecule has 0 spiro atoms. The van der Waals surface area contributed by atoms with Gasteiger partial charge in [0, 0.05) is 11.1 Å². The van der Waals surface area contributed by atoms with Crippen LogP contribution in [-0.2, 0) is 4.79 Å². The summed E-state index contributed by atoms with van der Waals surface area (Å²) >= 11 is 17.8. The van der Waals surface area contributed by atoms with E-state index in [0.717, 1.165) is 12.8 Å². The second kappa shape index (κ2) is 5.66. The van der Waals surface area contributed by atoms with E-state index in [1.54, 1.807) is 12.1 Å². The SMILES string of the molecule is CC(NC1CC1)C(=O)Nc1c(Cl)cc(Cl)cc1Cl. The average Bonchev–Trinajstić information content (AvgIpc) is 3.06. The first kappa shape index (κ1) is 13.9. The molecule has 0 aromatic heterocycles. The van der Waals surface area contributed by atoms with Gasteiger partial charge in [-0.15, -0.1) is 0 Å². The van der Waals surface area contributed by atoms with E-state index in [9.17, 15) is 4.79 Å². The van der Waals surface area contributed by atoms with E-state index in [0.29, 0.717) is 26.8 Å². The molecule has 3 nitrogen and oxygen atoms in total. The molecular weight excluding hydrogens is 295 g/mol. The molecule has 2 rings (SSSR count). The monoisotopic (exact) mass is 306 g/mol. The van der Waals surface area contributed by atoms with Crippen LogP contribution in [-0.4, -0.2) is 18.0 Å². The molecule has 0 bridgehead atoms. The van der Waals surface area contributed by atoms with E-state index >= 15 is 0 Å². The lowest BCUT2D eigenvalue weighted by molar-refractivity contribution is -0.117. The van der Waals surface area contributed by atoms with Crippen LogP contribution in [0.2, 0.25) is 15.1 Å². The van der Waals surface area contributed by atoms with Gasteiger partial charge in [0.25, 0.3) is 0 Å². The van der Waals surface area contributed by atoms with Gasteiger partial charge in [-0.05, 0) is 31.9 Å². The predicted octanol–water partition coefficient (Wildman–Crippen LogP) is 3.73. The van der Waals surface area contributed by atoms with Crippen LogP contribution in [0.5, 0.6) is 0 Å². The van der Waals surface area contributed by atoms with Crippen molar-refractivity contribution in [3.05, 3.63) is 27.2 Å². The number of benzene rings is 1. The molecule has 1 aromatic carbocycles. The van der Waals surface area contributed by atoms with Gasteiger partial charge < -0.3 is 10.6 Å². The lowest BCUT2D eigenvalue weighted by Gasteiger charge is -2.15. The minimum atomic E-state index is -0.277. The van der Waals surface area contributed by atoms with Crippen molar-refractivity contribution in [2.24, 2.45) is 0 Å². The van der Waals surface area contributed by atoms with Crippen LogP contribution in [0, 0.1) is 0 Å². The van der Waals surface area contributed by atoms with Gasteiger partial charge in [0.1, 0.15) is 0 Å².